The maximum absolute atomic E-state index is 6.54. The molecule has 1 fully saturated rings. The van der Waals surface area contributed by atoms with Crippen LogP contribution in [0.5, 0.6) is 0 Å². The molecule has 0 saturated carbocycles. The van der Waals surface area contributed by atoms with Crippen molar-refractivity contribution in [2.45, 2.75) is 70.0 Å². The summed E-state index contributed by atoms with van der Waals surface area (Å²) >= 11 is 0. The number of hydrogen-bond donors (Lipinski definition) is 0. The molecule has 0 radical (unpaired) electrons. The highest BCUT2D eigenvalue weighted by Crippen LogP contribution is 2.57. The van der Waals surface area contributed by atoms with Crippen LogP contribution in [0.15, 0.2) is 72.8 Å². The zero-order valence-corrected chi connectivity index (χ0v) is 23.7. The van der Waals surface area contributed by atoms with Crippen molar-refractivity contribution in [3.63, 3.8) is 0 Å². The van der Waals surface area contributed by atoms with Gasteiger partial charge in [-0.25, -0.2) is 0 Å². The van der Waals surface area contributed by atoms with Crippen LogP contribution in [0, 0.1) is 12.3 Å². The summed E-state index contributed by atoms with van der Waals surface area (Å²) in [5, 5.41) is 0. The van der Waals surface area contributed by atoms with E-state index >= 15 is 0 Å². The Morgan fingerprint density at radius 3 is 1.65 bits per heavy atom. The second-order valence-electron chi connectivity index (χ2n) is 13.0. The van der Waals surface area contributed by atoms with E-state index in [1.165, 1.54) is 68.5 Å². The fourth-order valence-electron chi connectivity index (χ4n) is 7.20. The van der Waals surface area contributed by atoms with Crippen molar-refractivity contribution in [2.75, 3.05) is 0 Å². The lowest BCUT2D eigenvalue weighted by atomic mass is 9.64. The van der Waals surface area contributed by atoms with Crippen LogP contribution < -0.4 is 5.46 Å². The van der Waals surface area contributed by atoms with Gasteiger partial charge in [0.2, 0.25) is 0 Å². The van der Waals surface area contributed by atoms with Crippen molar-refractivity contribution >= 4 is 12.6 Å². The summed E-state index contributed by atoms with van der Waals surface area (Å²) in [6, 6.07) is 27.7. The molecule has 3 aliphatic carbocycles. The first-order valence-corrected chi connectivity index (χ1v) is 14.6. The molecule has 4 aromatic rings. The van der Waals surface area contributed by atoms with Crippen LogP contribution in [0.25, 0.3) is 11.1 Å². The van der Waals surface area contributed by atoms with E-state index in [-0.39, 0.29) is 0 Å². The number of rotatable bonds is 3. The van der Waals surface area contributed by atoms with Gasteiger partial charge in [-0.05, 0) is 127 Å². The largest absolute Gasteiger partial charge is 0.494 e. The van der Waals surface area contributed by atoms with Gasteiger partial charge in [-0.2, -0.15) is 0 Å². The average molecular weight is 520 g/mol. The van der Waals surface area contributed by atoms with Crippen LogP contribution in [0.2, 0.25) is 0 Å². The summed E-state index contributed by atoms with van der Waals surface area (Å²) < 4.78 is 13.1. The van der Waals surface area contributed by atoms with Crippen molar-refractivity contribution < 1.29 is 9.31 Å². The SMILES string of the molecule is C#Cc1ccc2c(c1)C(c1ccc3c(c1)CC3)(c1ccc3c(c1)CC3)c1cc(B3OC(C)(C)C(C)(C)O3)ccc1-2. The van der Waals surface area contributed by atoms with E-state index in [0.717, 1.165) is 23.9 Å². The van der Waals surface area contributed by atoms with Gasteiger partial charge in [0.25, 0.3) is 0 Å². The van der Waals surface area contributed by atoms with Crippen LogP contribution in [0.4, 0.5) is 0 Å². The lowest BCUT2D eigenvalue weighted by Crippen LogP contribution is -2.41. The zero-order chi connectivity index (χ0) is 27.4. The third-order valence-corrected chi connectivity index (χ3v) is 10.5. The maximum Gasteiger partial charge on any atom is 0.494 e. The highest BCUT2D eigenvalue weighted by atomic mass is 16.7. The predicted molar refractivity (Wildman–Crippen MR) is 162 cm³/mol. The Bertz CT molecular complexity index is 1720. The van der Waals surface area contributed by atoms with Crippen LogP contribution >= 0.6 is 0 Å². The number of terminal acetylenes is 1. The molecular weight excluding hydrogens is 487 g/mol. The second-order valence-corrected chi connectivity index (χ2v) is 13.0. The van der Waals surface area contributed by atoms with Crippen molar-refractivity contribution in [1.29, 1.82) is 0 Å². The van der Waals surface area contributed by atoms with Gasteiger partial charge >= 0.3 is 7.12 Å². The summed E-state index contributed by atoms with van der Waals surface area (Å²) in [5.41, 5.74) is 14.2. The molecule has 1 heterocycles. The predicted octanol–water partition coefficient (Wildman–Crippen LogP) is 6.53. The van der Waals surface area contributed by atoms with E-state index in [1.54, 1.807) is 0 Å². The van der Waals surface area contributed by atoms with Crippen molar-refractivity contribution in [2.24, 2.45) is 0 Å². The number of fused-ring (bicyclic) bond motifs is 5. The summed E-state index contributed by atoms with van der Waals surface area (Å²) in [5.74, 6) is 2.92. The third-order valence-electron chi connectivity index (χ3n) is 10.5. The minimum absolute atomic E-state index is 0.401. The fraction of sp³-hybridized carbons (Fsp3) is 0.297. The minimum atomic E-state index is -0.480. The maximum atomic E-state index is 6.54. The quantitative estimate of drug-likeness (QED) is 0.199. The van der Waals surface area contributed by atoms with Crippen LogP contribution in [0.1, 0.15) is 77.8 Å². The standard InChI is InChI=1S/C37H33BO2/c1-6-23-7-17-31-32-18-16-30(38-39-35(2,3)36(4,5)40-38)22-34(32)37(33(31)19-23,28-14-12-24-8-10-26(24)20-28)29-15-13-25-9-11-27(25)21-29/h1,7,12-22H,8-11H2,2-5H3. The van der Waals surface area contributed by atoms with E-state index in [9.17, 15) is 0 Å². The highest BCUT2D eigenvalue weighted by molar-refractivity contribution is 6.62. The Morgan fingerprint density at radius 1 is 0.625 bits per heavy atom. The topological polar surface area (TPSA) is 18.5 Å². The van der Waals surface area contributed by atoms with Crippen molar-refractivity contribution in [1.82, 2.24) is 0 Å². The van der Waals surface area contributed by atoms with Gasteiger partial charge in [-0.15, -0.1) is 6.42 Å². The van der Waals surface area contributed by atoms with Crippen LogP contribution in [0.3, 0.4) is 0 Å². The van der Waals surface area contributed by atoms with Gasteiger partial charge in [0.05, 0.1) is 16.6 Å². The Hall–Kier alpha value is -3.58. The van der Waals surface area contributed by atoms with Crippen LogP contribution in [-0.4, -0.2) is 18.3 Å². The first kappa shape index (κ1) is 24.2. The molecule has 0 atom stereocenters. The van der Waals surface area contributed by atoms with E-state index in [1.807, 2.05) is 0 Å². The minimum Gasteiger partial charge on any atom is -0.399 e. The summed E-state index contributed by atoms with van der Waals surface area (Å²) in [6.45, 7) is 8.46. The lowest BCUT2D eigenvalue weighted by Gasteiger charge is -2.37. The van der Waals surface area contributed by atoms with Gasteiger partial charge < -0.3 is 9.31 Å². The summed E-state index contributed by atoms with van der Waals surface area (Å²) in [7, 11) is -0.424. The molecule has 0 spiro atoms. The number of benzene rings is 4. The smallest absolute Gasteiger partial charge is 0.399 e. The van der Waals surface area contributed by atoms with Gasteiger partial charge in [-0.1, -0.05) is 66.6 Å². The monoisotopic (exact) mass is 520 g/mol. The fourth-order valence-corrected chi connectivity index (χ4v) is 7.20. The lowest BCUT2D eigenvalue weighted by molar-refractivity contribution is 0.00578. The molecule has 196 valence electrons. The van der Waals surface area contributed by atoms with Crippen molar-refractivity contribution in [3.05, 3.63) is 123 Å². The Balaban J connectivity index is 1.43. The molecule has 40 heavy (non-hydrogen) atoms. The molecule has 0 N–H and O–H groups in total. The molecule has 4 aliphatic rings. The molecule has 0 bridgehead atoms. The summed E-state index contributed by atoms with van der Waals surface area (Å²) in [6.07, 6.45) is 10.6. The Labute approximate surface area is 237 Å². The first-order chi connectivity index (χ1) is 19.2. The van der Waals surface area contributed by atoms with E-state index in [2.05, 4.69) is 106 Å². The van der Waals surface area contributed by atoms with E-state index < -0.39 is 23.7 Å². The molecular formula is C37H33BO2. The van der Waals surface area contributed by atoms with Gasteiger partial charge in [0.1, 0.15) is 0 Å². The molecule has 8 rings (SSSR count). The third kappa shape index (κ3) is 3.10. The molecule has 1 saturated heterocycles. The van der Waals surface area contributed by atoms with Crippen LogP contribution in [-0.2, 0) is 40.4 Å². The number of hydrogen-bond acceptors (Lipinski definition) is 2. The van der Waals surface area contributed by atoms with Gasteiger partial charge in [0, 0.05) is 5.56 Å². The molecule has 0 unspecified atom stereocenters. The van der Waals surface area contributed by atoms with Crippen molar-refractivity contribution in [3.8, 4) is 23.5 Å². The molecule has 1 aliphatic heterocycles. The van der Waals surface area contributed by atoms with Gasteiger partial charge in [-0.3, -0.25) is 0 Å². The molecule has 3 heteroatoms. The van der Waals surface area contributed by atoms with Gasteiger partial charge in [0.15, 0.2) is 0 Å². The molecule has 0 aromatic heterocycles. The highest BCUT2D eigenvalue weighted by Gasteiger charge is 2.53. The zero-order valence-electron chi connectivity index (χ0n) is 23.7. The average Bonchev–Trinajstić information content (AvgIpc) is 3.31. The number of aryl methyl sites for hydroxylation is 4. The Morgan fingerprint density at radius 2 is 1.15 bits per heavy atom. The van der Waals surface area contributed by atoms with E-state index in [0.29, 0.717) is 0 Å². The molecule has 0 amide bonds. The molecule has 4 aromatic carbocycles. The second kappa shape index (κ2) is 8.00. The normalized spacial score (nSPS) is 19.9. The summed E-state index contributed by atoms with van der Waals surface area (Å²) in [4.78, 5) is 0. The first-order valence-electron chi connectivity index (χ1n) is 14.6. The Kier molecular flexibility index (Phi) is 4.85. The molecule has 2 nitrogen and oxygen atoms in total. The van der Waals surface area contributed by atoms with E-state index in [4.69, 9.17) is 15.7 Å².